The molecule has 1 heteroatoms. The van der Waals surface area contributed by atoms with E-state index < -0.39 is 0 Å². The van der Waals surface area contributed by atoms with E-state index in [0.717, 1.165) is 12.8 Å². The van der Waals surface area contributed by atoms with Crippen LogP contribution in [0.25, 0.3) is 0 Å². The Kier molecular flexibility index (Phi) is 3.20. The van der Waals surface area contributed by atoms with Crippen molar-refractivity contribution in [3.8, 4) is 0 Å². The van der Waals surface area contributed by atoms with Crippen LogP contribution in [0.1, 0.15) is 44.1 Å². The Hall–Kier alpha value is -1.11. The third kappa shape index (κ3) is 2.47. The highest BCUT2D eigenvalue weighted by atomic mass is 16.1. The molecule has 0 radical (unpaired) electrons. The number of hydrogen-bond acceptors (Lipinski definition) is 1. The van der Waals surface area contributed by atoms with Gasteiger partial charge in [-0.05, 0) is 44.1 Å². The molecule has 1 nitrogen and oxygen atoms in total. The summed E-state index contributed by atoms with van der Waals surface area (Å²) in [5, 5.41) is 0. The van der Waals surface area contributed by atoms with Crippen molar-refractivity contribution in [1.29, 1.82) is 0 Å². The molecule has 1 fully saturated rings. The van der Waals surface area contributed by atoms with Gasteiger partial charge in [-0.1, -0.05) is 30.3 Å². The second kappa shape index (κ2) is 4.61. The molecule has 2 rings (SSSR count). The van der Waals surface area contributed by atoms with Gasteiger partial charge in [0.1, 0.15) is 5.78 Å². The second-order valence-corrected chi connectivity index (χ2v) is 4.57. The van der Waals surface area contributed by atoms with Gasteiger partial charge < -0.3 is 0 Å². The summed E-state index contributed by atoms with van der Waals surface area (Å²) in [5.74, 6) is 1.40. The van der Waals surface area contributed by atoms with Gasteiger partial charge in [-0.3, -0.25) is 4.79 Å². The molecular weight excluding hydrogens is 184 g/mol. The van der Waals surface area contributed by atoms with Crippen molar-refractivity contribution in [2.45, 2.75) is 38.5 Å². The molecule has 1 aromatic carbocycles. The molecule has 0 N–H and O–H groups in total. The average Bonchev–Trinajstić information content (AvgIpc) is 2.30. The summed E-state index contributed by atoms with van der Waals surface area (Å²) < 4.78 is 0. The molecule has 0 unspecified atom stereocenters. The maximum Gasteiger partial charge on any atom is 0.132 e. The van der Waals surface area contributed by atoms with Gasteiger partial charge in [-0.15, -0.1) is 0 Å². The van der Waals surface area contributed by atoms with Crippen molar-refractivity contribution in [2.24, 2.45) is 5.92 Å². The first-order valence-electron chi connectivity index (χ1n) is 5.83. The molecule has 1 aliphatic carbocycles. The normalized spacial score (nSPS) is 26.2. The lowest BCUT2D eigenvalue weighted by Gasteiger charge is -2.27. The predicted octanol–water partition coefficient (Wildman–Crippen LogP) is 3.55. The maximum atomic E-state index is 11.2. The molecule has 1 aliphatic rings. The van der Waals surface area contributed by atoms with E-state index in [2.05, 4.69) is 30.3 Å². The SMILES string of the molecule is CC(=O)[C@H]1CC[C@@H](c2ccccc2)CC1. The summed E-state index contributed by atoms with van der Waals surface area (Å²) in [4.78, 5) is 11.2. The third-order valence-electron chi connectivity index (χ3n) is 3.57. The fourth-order valence-corrected chi connectivity index (χ4v) is 2.56. The van der Waals surface area contributed by atoms with Crippen molar-refractivity contribution >= 4 is 5.78 Å². The number of carbonyl (C=O) groups excluding carboxylic acids is 1. The van der Waals surface area contributed by atoms with Gasteiger partial charge in [0.2, 0.25) is 0 Å². The van der Waals surface area contributed by atoms with E-state index in [1.54, 1.807) is 6.92 Å². The zero-order chi connectivity index (χ0) is 10.7. The molecule has 1 aromatic rings. The van der Waals surface area contributed by atoms with E-state index in [1.165, 1.54) is 18.4 Å². The molecule has 0 heterocycles. The average molecular weight is 202 g/mol. The highest BCUT2D eigenvalue weighted by molar-refractivity contribution is 5.78. The molecule has 0 atom stereocenters. The molecule has 0 saturated heterocycles. The molecular formula is C14H18O. The molecule has 0 aliphatic heterocycles. The number of rotatable bonds is 2. The highest BCUT2D eigenvalue weighted by Crippen LogP contribution is 2.35. The number of benzene rings is 1. The number of carbonyl (C=O) groups is 1. The monoisotopic (exact) mass is 202 g/mol. The first-order valence-corrected chi connectivity index (χ1v) is 5.83. The minimum Gasteiger partial charge on any atom is -0.300 e. The minimum absolute atomic E-state index is 0.338. The van der Waals surface area contributed by atoms with Gasteiger partial charge in [-0.2, -0.15) is 0 Å². The first kappa shape index (κ1) is 10.4. The number of hydrogen-bond donors (Lipinski definition) is 0. The van der Waals surface area contributed by atoms with E-state index in [-0.39, 0.29) is 0 Å². The van der Waals surface area contributed by atoms with E-state index in [0.29, 0.717) is 17.6 Å². The first-order chi connectivity index (χ1) is 7.27. The number of Topliss-reactive ketones (excluding diaryl/α,β-unsaturated/α-hetero) is 1. The van der Waals surface area contributed by atoms with Crippen LogP contribution in [-0.2, 0) is 4.79 Å². The Morgan fingerprint density at radius 3 is 2.20 bits per heavy atom. The Labute approximate surface area is 91.5 Å². The molecule has 0 bridgehead atoms. The van der Waals surface area contributed by atoms with Gasteiger partial charge in [0.05, 0.1) is 0 Å². The summed E-state index contributed by atoms with van der Waals surface area (Å²) in [7, 11) is 0. The van der Waals surface area contributed by atoms with Crippen molar-refractivity contribution in [3.05, 3.63) is 35.9 Å². The summed E-state index contributed by atoms with van der Waals surface area (Å²) >= 11 is 0. The summed E-state index contributed by atoms with van der Waals surface area (Å²) in [6, 6.07) is 10.7. The molecule has 0 amide bonds. The second-order valence-electron chi connectivity index (χ2n) is 4.57. The van der Waals surface area contributed by atoms with Crippen LogP contribution in [0.15, 0.2) is 30.3 Å². The van der Waals surface area contributed by atoms with Gasteiger partial charge in [0.15, 0.2) is 0 Å². The van der Waals surface area contributed by atoms with Crippen LogP contribution in [0.5, 0.6) is 0 Å². The van der Waals surface area contributed by atoms with Crippen LogP contribution >= 0.6 is 0 Å². The van der Waals surface area contributed by atoms with Gasteiger partial charge in [-0.25, -0.2) is 0 Å². The van der Waals surface area contributed by atoms with Gasteiger partial charge >= 0.3 is 0 Å². The minimum atomic E-state index is 0.338. The largest absolute Gasteiger partial charge is 0.300 e. The van der Waals surface area contributed by atoms with E-state index in [1.807, 2.05) is 0 Å². The lowest BCUT2D eigenvalue weighted by Crippen LogP contribution is -2.18. The van der Waals surface area contributed by atoms with E-state index in [4.69, 9.17) is 0 Å². The summed E-state index contributed by atoms with van der Waals surface area (Å²) in [6.45, 7) is 1.73. The topological polar surface area (TPSA) is 17.1 Å². The van der Waals surface area contributed by atoms with Crippen molar-refractivity contribution < 1.29 is 4.79 Å². The quantitative estimate of drug-likeness (QED) is 0.716. The molecule has 0 aromatic heterocycles. The Bertz CT molecular complexity index is 320. The molecule has 1 saturated carbocycles. The fraction of sp³-hybridized carbons (Fsp3) is 0.500. The van der Waals surface area contributed by atoms with Crippen LogP contribution in [0.2, 0.25) is 0 Å². The van der Waals surface area contributed by atoms with Crippen LogP contribution in [-0.4, -0.2) is 5.78 Å². The summed E-state index contributed by atoms with van der Waals surface area (Å²) in [6.07, 6.45) is 4.51. The van der Waals surface area contributed by atoms with E-state index in [9.17, 15) is 4.79 Å². The Balaban J connectivity index is 1.97. The van der Waals surface area contributed by atoms with Crippen molar-refractivity contribution in [1.82, 2.24) is 0 Å². The standard InChI is InChI=1S/C14H18O/c1-11(15)12-7-9-14(10-8-12)13-5-3-2-4-6-13/h2-6,12,14H,7-10H2,1H3/t12-,14+. The zero-order valence-corrected chi connectivity index (χ0v) is 9.28. The highest BCUT2D eigenvalue weighted by Gasteiger charge is 2.24. The zero-order valence-electron chi connectivity index (χ0n) is 9.28. The van der Waals surface area contributed by atoms with Crippen LogP contribution in [0.3, 0.4) is 0 Å². The molecule has 15 heavy (non-hydrogen) atoms. The lowest BCUT2D eigenvalue weighted by molar-refractivity contribution is -0.121. The number of ketones is 1. The lowest BCUT2D eigenvalue weighted by atomic mass is 9.77. The molecule has 80 valence electrons. The summed E-state index contributed by atoms with van der Waals surface area (Å²) in [5.41, 5.74) is 1.44. The van der Waals surface area contributed by atoms with Gasteiger partial charge in [0, 0.05) is 5.92 Å². The smallest absolute Gasteiger partial charge is 0.132 e. The van der Waals surface area contributed by atoms with Crippen LogP contribution in [0.4, 0.5) is 0 Å². The third-order valence-corrected chi connectivity index (χ3v) is 3.57. The Morgan fingerprint density at radius 1 is 1.07 bits per heavy atom. The van der Waals surface area contributed by atoms with E-state index >= 15 is 0 Å². The predicted molar refractivity (Wildman–Crippen MR) is 61.8 cm³/mol. The fourth-order valence-electron chi connectivity index (χ4n) is 2.56. The van der Waals surface area contributed by atoms with Crippen molar-refractivity contribution in [3.63, 3.8) is 0 Å². The van der Waals surface area contributed by atoms with Crippen LogP contribution < -0.4 is 0 Å². The maximum absolute atomic E-state index is 11.2. The van der Waals surface area contributed by atoms with Crippen molar-refractivity contribution in [2.75, 3.05) is 0 Å². The Morgan fingerprint density at radius 2 is 1.67 bits per heavy atom. The van der Waals surface area contributed by atoms with Gasteiger partial charge in [0.25, 0.3) is 0 Å². The molecule has 0 spiro atoms. The van der Waals surface area contributed by atoms with Crippen LogP contribution in [0, 0.1) is 5.92 Å².